The molecule has 8 N–H and O–H groups in total. The van der Waals surface area contributed by atoms with Crippen molar-refractivity contribution in [3.05, 3.63) is 0 Å². The lowest BCUT2D eigenvalue weighted by atomic mass is 10.2. The molecule has 0 fully saturated rings. The van der Waals surface area contributed by atoms with E-state index in [4.69, 9.17) is 31.9 Å². The van der Waals surface area contributed by atoms with Crippen molar-refractivity contribution in [3.8, 4) is 0 Å². The van der Waals surface area contributed by atoms with Gasteiger partial charge < -0.3 is 31.9 Å². The quantitative estimate of drug-likeness (QED) is 0.297. The van der Waals surface area contributed by atoms with Gasteiger partial charge in [-0.05, 0) is 6.92 Å². The normalized spacial score (nSPS) is 15.5. The second-order valence-corrected chi connectivity index (χ2v) is 2.73. The Balaban J connectivity index is 0. The molecule has 0 aromatic heterocycles. The van der Waals surface area contributed by atoms with E-state index in [-0.39, 0.29) is 0 Å². The first-order chi connectivity index (χ1) is 6.73. The summed E-state index contributed by atoms with van der Waals surface area (Å²) in [6.45, 7) is 0.827. The molecule has 0 rings (SSSR count). The van der Waals surface area contributed by atoms with E-state index in [1.807, 2.05) is 0 Å². The summed E-state index contributed by atoms with van der Waals surface area (Å²) < 4.78 is 0. The van der Waals surface area contributed by atoms with Crippen LogP contribution in [0.1, 0.15) is 6.92 Å². The fraction of sp³-hybridized carbons (Fsp3) is 0.714. The van der Waals surface area contributed by atoms with E-state index in [1.54, 1.807) is 0 Å². The van der Waals surface area contributed by atoms with Crippen molar-refractivity contribution in [2.24, 2.45) is 11.5 Å². The highest BCUT2D eigenvalue weighted by Crippen LogP contribution is 1.85. The summed E-state index contributed by atoms with van der Waals surface area (Å²) in [5.41, 5.74) is 9.68. The molecule has 0 bridgehead atoms. The van der Waals surface area contributed by atoms with Gasteiger partial charge in [-0.1, -0.05) is 0 Å². The average molecular weight is 224 g/mol. The molecular weight excluding hydrogens is 208 g/mol. The van der Waals surface area contributed by atoms with Crippen molar-refractivity contribution in [2.45, 2.75) is 25.1 Å². The lowest BCUT2D eigenvalue weighted by molar-refractivity contribution is -0.141. The first-order valence-corrected chi connectivity index (χ1v) is 3.99. The molecule has 8 nitrogen and oxygen atoms in total. The highest BCUT2D eigenvalue weighted by molar-refractivity contribution is 5.73. The zero-order valence-corrected chi connectivity index (χ0v) is 8.20. The highest BCUT2D eigenvalue weighted by atomic mass is 16.4. The Morgan fingerprint density at radius 2 is 1.60 bits per heavy atom. The SMILES string of the molecule is CC(O)[C@H](N)C(=O)O.N[C@@H](CO)C(=O)O. The van der Waals surface area contributed by atoms with E-state index in [0.717, 1.165) is 0 Å². The van der Waals surface area contributed by atoms with Crippen molar-refractivity contribution in [2.75, 3.05) is 6.61 Å². The summed E-state index contributed by atoms with van der Waals surface area (Å²) >= 11 is 0. The summed E-state index contributed by atoms with van der Waals surface area (Å²) in [6.07, 6.45) is -0.979. The van der Waals surface area contributed by atoms with E-state index in [1.165, 1.54) is 6.92 Å². The molecule has 0 saturated heterocycles. The minimum Gasteiger partial charge on any atom is -0.480 e. The third-order valence-electron chi connectivity index (χ3n) is 1.32. The van der Waals surface area contributed by atoms with Crippen LogP contribution < -0.4 is 11.5 Å². The molecule has 0 saturated carbocycles. The minimum atomic E-state index is -1.18. The van der Waals surface area contributed by atoms with Crippen LogP contribution in [0, 0.1) is 0 Å². The molecule has 0 heterocycles. The van der Waals surface area contributed by atoms with Crippen LogP contribution in [0.2, 0.25) is 0 Å². The predicted octanol–water partition coefficient (Wildman–Crippen LogP) is -2.83. The number of aliphatic hydroxyl groups is 2. The van der Waals surface area contributed by atoms with Crippen LogP contribution in [-0.4, -0.2) is 57.2 Å². The number of aliphatic carboxylic acids is 2. The second-order valence-electron chi connectivity index (χ2n) is 2.73. The van der Waals surface area contributed by atoms with Crippen LogP contribution in [0.4, 0.5) is 0 Å². The third-order valence-corrected chi connectivity index (χ3v) is 1.32. The Labute approximate surface area is 86.1 Å². The van der Waals surface area contributed by atoms with Crippen molar-refractivity contribution in [1.82, 2.24) is 0 Å². The Kier molecular flexibility index (Phi) is 8.78. The molecule has 0 aromatic rings. The second kappa shape index (κ2) is 8.12. The van der Waals surface area contributed by atoms with Gasteiger partial charge in [-0.25, -0.2) is 0 Å². The van der Waals surface area contributed by atoms with Crippen molar-refractivity contribution in [1.29, 1.82) is 0 Å². The van der Waals surface area contributed by atoms with E-state index < -0.39 is 36.7 Å². The van der Waals surface area contributed by atoms with Crippen LogP contribution in [0.3, 0.4) is 0 Å². The fourth-order valence-electron chi connectivity index (χ4n) is 0.284. The molecule has 90 valence electrons. The molecule has 0 aliphatic heterocycles. The van der Waals surface area contributed by atoms with Gasteiger partial charge in [0.15, 0.2) is 0 Å². The molecule has 0 aliphatic rings. The molecule has 0 aromatic carbocycles. The topological polar surface area (TPSA) is 167 Å². The molecule has 0 radical (unpaired) electrons. The highest BCUT2D eigenvalue weighted by Gasteiger charge is 2.16. The van der Waals surface area contributed by atoms with Crippen LogP contribution in [0.15, 0.2) is 0 Å². The molecule has 0 spiro atoms. The monoisotopic (exact) mass is 224 g/mol. The largest absolute Gasteiger partial charge is 0.480 e. The van der Waals surface area contributed by atoms with E-state index >= 15 is 0 Å². The van der Waals surface area contributed by atoms with E-state index in [0.29, 0.717) is 0 Å². The lowest BCUT2D eigenvalue weighted by Gasteiger charge is -2.06. The van der Waals surface area contributed by atoms with Gasteiger partial charge in [-0.2, -0.15) is 0 Å². The summed E-state index contributed by atoms with van der Waals surface area (Å²) in [4.78, 5) is 19.5. The third kappa shape index (κ3) is 9.09. The van der Waals surface area contributed by atoms with Crippen molar-refractivity contribution in [3.63, 3.8) is 0 Å². The first-order valence-electron chi connectivity index (χ1n) is 3.99. The predicted molar refractivity (Wildman–Crippen MR) is 50.0 cm³/mol. The number of carboxylic acid groups (broad SMARTS) is 2. The van der Waals surface area contributed by atoms with Gasteiger partial charge >= 0.3 is 11.9 Å². The molecule has 0 amide bonds. The molecule has 3 atom stereocenters. The molecule has 8 heteroatoms. The zero-order valence-electron chi connectivity index (χ0n) is 8.20. The molecule has 1 unspecified atom stereocenters. The van der Waals surface area contributed by atoms with Crippen molar-refractivity contribution < 1.29 is 30.0 Å². The summed E-state index contributed by atoms with van der Waals surface area (Å²) in [6, 6.07) is -2.28. The van der Waals surface area contributed by atoms with Gasteiger partial charge in [0.25, 0.3) is 0 Å². The Morgan fingerprint density at radius 1 is 1.20 bits per heavy atom. The van der Waals surface area contributed by atoms with Gasteiger partial charge in [-0.3, -0.25) is 9.59 Å². The van der Waals surface area contributed by atoms with Crippen LogP contribution in [0.5, 0.6) is 0 Å². The number of hydrogen-bond donors (Lipinski definition) is 6. The van der Waals surface area contributed by atoms with Crippen LogP contribution in [-0.2, 0) is 9.59 Å². The number of hydrogen-bond acceptors (Lipinski definition) is 6. The summed E-state index contributed by atoms with van der Waals surface area (Å²) in [5.74, 6) is -2.36. The Morgan fingerprint density at radius 3 is 1.60 bits per heavy atom. The Bertz CT molecular complexity index is 208. The minimum absolute atomic E-state index is 0.505. The van der Waals surface area contributed by atoms with E-state index in [9.17, 15) is 9.59 Å². The lowest BCUT2D eigenvalue weighted by Crippen LogP contribution is -2.39. The summed E-state index contributed by atoms with van der Waals surface area (Å²) in [5, 5.41) is 32.4. The molecular formula is C7H16N2O6. The van der Waals surface area contributed by atoms with Gasteiger partial charge in [0.05, 0.1) is 12.7 Å². The maximum atomic E-state index is 9.86. The standard InChI is InChI=1S/C4H9NO3.C3H7NO3/c1-2(6)3(5)4(7)8;4-2(1-5)3(6)7/h2-3,6H,5H2,1H3,(H,7,8);2,5H,1,4H2,(H,6,7)/t2?,3-;2-/m00/s1. The van der Waals surface area contributed by atoms with Gasteiger partial charge in [0.1, 0.15) is 12.1 Å². The zero-order chi connectivity index (χ0) is 12.6. The first kappa shape index (κ1) is 16.2. The van der Waals surface area contributed by atoms with Crippen LogP contribution >= 0.6 is 0 Å². The number of carbonyl (C=O) groups is 2. The summed E-state index contributed by atoms with van der Waals surface area (Å²) in [7, 11) is 0. The Hall–Kier alpha value is -1.22. The fourth-order valence-corrected chi connectivity index (χ4v) is 0.284. The molecule has 15 heavy (non-hydrogen) atoms. The smallest absolute Gasteiger partial charge is 0.323 e. The maximum absolute atomic E-state index is 9.86. The number of carboxylic acids is 2. The van der Waals surface area contributed by atoms with Gasteiger partial charge in [-0.15, -0.1) is 0 Å². The molecule has 0 aliphatic carbocycles. The number of nitrogens with two attached hydrogens (primary N) is 2. The van der Waals surface area contributed by atoms with Crippen molar-refractivity contribution >= 4 is 11.9 Å². The maximum Gasteiger partial charge on any atom is 0.323 e. The number of aliphatic hydroxyl groups excluding tert-OH is 2. The number of rotatable bonds is 4. The van der Waals surface area contributed by atoms with Crippen LogP contribution in [0.25, 0.3) is 0 Å². The van der Waals surface area contributed by atoms with E-state index in [2.05, 4.69) is 0 Å². The van der Waals surface area contributed by atoms with Gasteiger partial charge in [0, 0.05) is 0 Å². The van der Waals surface area contributed by atoms with Gasteiger partial charge in [0.2, 0.25) is 0 Å². The average Bonchev–Trinajstić information content (AvgIpc) is 2.15.